The van der Waals surface area contributed by atoms with Crippen molar-refractivity contribution in [2.75, 3.05) is 6.54 Å². The number of carbonyl (C=O) groups is 3. The van der Waals surface area contributed by atoms with Gasteiger partial charge in [0.2, 0.25) is 0 Å². The van der Waals surface area contributed by atoms with Crippen molar-refractivity contribution in [3.05, 3.63) is 29.2 Å². The minimum absolute atomic E-state index is 0.128. The SMILES string of the molecule is CC1(CNC(=O)Oc2ccc(N=O)cc2)NC(=O)NC1=O. The lowest BCUT2D eigenvalue weighted by atomic mass is 10.0. The number of imide groups is 1. The van der Waals surface area contributed by atoms with Crippen LogP contribution in [0.5, 0.6) is 5.75 Å². The van der Waals surface area contributed by atoms with E-state index in [1.165, 1.54) is 31.2 Å². The van der Waals surface area contributed by atoms with E-state index in [1.807, 2.05) is 0 Å². The number of hydrogen-bond donors (Lipinski definition) is 3. The summed E-state index contributed by atoms with van der Waals surface area (Å²) in [6, 6.07) is 4.97. The molecule has 1 aromatic rings. The first-order valence-corrected chi connectivity index (χ1v) is 5.96. The Morgan fingerprint density at radius 1 is 1.33 bits per heavy atom. The van der Waals surface area contributed by atoms with Gasteiger partial charge in [-0.05, 0) is 36.4 Å². The molecule has 9 heteroatoms. The highest BCUT2D eigenvalue weighted by atomic mass is 16.6. The number of carbonyl (C=O) groups excluding carboxylic acids is 3. The molecule has 1 aromatic carbocycles. The standard InChI is InChI=1S/C12H12N4O5/c1-12(9(17)14-10(18)15-12)6-13-11(19)21-8-4-2-7(16-20)3-5-8/h2-5H,6H2,1H3,(H,13,19)(H2,14,15,17,18). The second-order valence-electron chi connectivity index (χ2n) is 4.57. The highest BCUT2D eigenvalue weighted by Gasteiger charge is 2.42. The molecule has 0 aromatic heterocycles. The lowest BCUT2D eigenvalue weighted by Crippen LogP contribution is -2.53. The van der Waals surface area contributed by atoms with Gasteiger partial charge in [-0.3, -0.25) is 10.1 Å². The lowest BCUT2D eigenvalue weighted by Gasteiger charge is -2.20. The molecule has 9 nitrogen and oxygen atoms in total. The summed E-state index contributed by atoms with van der Waals surface area (Å²) in [7, 11) is 0. The summed E-state index contributed by atoms with van der Waals surface area (Å²) < 4.78 is 4.94. The minimum atomic E-state index is -1.22. The highest BCUT2D eigenvalue weighted by molar-refractivity contribution is 6.07. The molecule has 1 fully saturated rings. The molecular formula is C12H12N4O5. The van der Waals surface area contributed by atoms with Crippen LogP contribution in [0.3, 0.4) is 0 Å². The smallest absolute Gasteiger partial charge is 0.410 e. The number of hydrogen-bond acceptors (Lipinski definition) is 6. The zero-order valence-corrected chi connectivity index (χ0v) is 11.0. The average molecular weight is 292 g/mol. The van der Waals surface area contributed by atoms with E-state index >= 15 is 0 Å². The van der Waals surface area contributed by atoms with E-state index < -0.39 is 23.6 Å². The summed E-state index contributed by atoms with van der Waals surface area (Å²) in [5.74, 6) is -0.320. The van der Waals surface area contributed by atoms with Crippen LogP contribution in [0.4, 0.5) is 15.3 Å². The zero-order chi connectivity index (χ0) is 15.5. The lowest BCUT2D eigenvalue weighted by molar-refractivity contribution is -0.123. The molecule has 1 aliphatic heterocycles. The van der Waals surface area contributed by atoms with Gasteiger partial charge in [0, 0.05) is 0 Å². The van der Waals surface area contributed by atoms with E-state index in [-0.39, 0.29) is 18.0 Å². The van der Waals surface area contributed by atoms with Gasteiger partial charge in [-0.2, -0.15) is 0 Å². The van der Waals surface area contributed by atoms with Crippen LogP contribution in [0.2, 0.25) is 0 Å². The number of nitroso groups, excluding NO2 is 1. The van der Waals surface area contributed by atoms with E-state index in [2.05, 4.69) is 21.1 Å². The van der Waals surface area contributed by atoms with E-state index in [4.69, 9.17) is 4.74 Å². The molecule has 1 atom stereocenters. The number of nitrogens with zero attached hydrogens (tertiary/aromatic N) is 1. The third-order valence-corrected chi connectivity index (χ3v) is 2.86. The number of nitrogens with one attached hydrogen (secondary N) is 3. The number of ether oxygens (including phenoxy) is 1. The van der Waals surface area contributed by atoms with E-state index in [1.54, 1.807) is 0 Å². The summed E-state index contributed by atoms with van der Waals surface area (Å²) >= 11 is 0. The Morgan fingerprint density at radius 2 is 2.00 bits per heavy atom. The molecule has 0 bridgehead atoms. The van der Waals surface area contributed by atoms with Crippen molar-refractivity contribution in [2.45, 2.75) is 12.5 Å². The Kier molecular flexibility index (Phi) is 3.83. The Bertz CT molecular complexity index is 600. The van der Waals surface area contributed by atoms with Crippen LogP contribution < -0.4 is 20.7 Å². The largest absolute Gasteiger partial charge is 0.412 e. The number of urea groups is 1. The fourth-order valence-corrected chi connectivity index (χ4v) is 1.67. The molecule has 21 heavy (non-hydrogen) atoms. The Balaban J connectivity index is 1.88. The van der Waals surface area contributed by atoms with Gasteiger partial charge < -0.3 is 15.4 Å². The molecule has 1 unspecified atom stereocenters. The Labute approximate surface area is 119 Å². The summed E-state index contributed by atoms with van der Waals surface area (Å²) in [5.41, 5.74) is -1.01. The molecule has 0 radical (unpaired) electrons. The first kappa shape index (κ1) is 14.4. The van der Waals surface area contributed by atoms with Gasteiger partial charge in [-0.1, -0.05) is 0 Å². The monoisotopic (exact) mass is 292 g/mol. The fourth-order valence-electron chi connectivity index (χ4n) is 1.67. The zero-order valence-electron chi connectivity index (χ0n) is 11.0. The second kappa shape index (κ2) is 5.57. The molecule has 1 saturated heterocycles. The summed E-state index contributed by atoms with van der Waals surface area (Å²) in [6.07, 6.45) is -0.794. The molecule has 0 spiro atoms. The molecule has 0 saturated carbocycles. The van der Waals surface area contributed by atoms with E-state index in [0.29, 0.717) is 0 Å². The Morgan fingerprint density at radius 3 is 2.52 bits per heavy atom. The van der Waals surface area contributed by atoms with Crippen LogP contribution in [-0.2, 0) is 4.79 Å². The predicted octanol–water partition coefficient (Wildman–Crippen LogP) is 0.771. The maximum atomic E-state index is 11.6. The Hall–Kier alpha value is -2.97. The van der Waals surface area contributed by atoms with Crippen molar-refractivity contribution in [1.29, 1.82) is 0 Å². The van der Waals surface area contributed by atoms with Gasteiger partial charge in [0.15, 0.2) is 0 Å². The molecule has 1 aliphatic rings. The number of amides is 4. The van der Waals surface area contributed by atoms with Crippen LogP contribution in [0, 0.1) is 4.91 Å². The fraction of sp³-hybridized carbons (Fsp3) is 0.250. The first-order chi connectivity index (χ1) is 9.93. The molecule has 3 N–H and O–H groups in total. The average Bonchev–Trinajstić information content (AvgIpc) is 2.71. The molecule has 1 heterocycles. The molecular weight excluding hydrogens is 280 g/mol. The number of benzene rings is 1. The van der Waals surface area contributed by atoms with Crippen LogP contribution in [0.1, 0.15) is 6.92 Å². The molecule has 2 rings (SSSR count). The van der Waals surface area contributed by atoms with Crippen molar-refractivity contribution in [3.63, 3.8) is 0 Å². The van der Waals surface area contributed by atoms with Gasteiger partial charge in [0.25, 0.3) is 5.91 Å². The van der Waals surface area contributed by atoms with Gasteiger partial charge in [0.1, 0.15) is 17.0 Å². The minimum Gasteiger partial charge on any atom is -0.410 e. The van der Waals surface area contributed by atoms with Gasteiger partial charge in [0.05, 0.1) is 6.54 Å². The summed E-state index contributed by atoms with van der Waals surface area (Å²) in [4.78, 5) is 44.4. The maximum absolute atomic E-state index is 11.6. The van der Waals surface area contributed by atoms with Gasteiger partial charge in [-0.25, -0.2) is 9.59 Å². The van der Waals surface area contributed by atoms with Crippen molar-refractivity contribution in [1.82, 2.24) is 16.0 Å². The second-order valence-corrected chi connectivity index (χ2v) is 4.57. The van der Waals surface area contributed by atoms with Crippen molar-refractivity contribution in [3.8, 4) is 5.75 Å². The summed E-state index contributed by atoms with van der Waals surface area (Å²) in [5, 5.41) is 9.55. The molecule has 4 amide bonds. The van der Waals surface area contributed by atoms with Gasteiger partial charge >= 0.3 is 12.1 Å². The number of rotatable bonds is 4. The molecule has 110 valence electrons. The van der Waals surface area contributed by atoms with Crippen LogP contribution in [0.15, 0.2) is 29.4 Å². The highest BCUT2D eigenvalue weighted by Crippen LogP contribution is 2.17. The first-order valence-electron chi connectivity index (χ1n) is 5.96. The van der Waals surface area contributed by atoms with Crippen molar-refractivity contribution in [2.24, 2.45) is 5.18 Å². The van der Waals surface area contributed by atoms with Crippen LogP contribution >= 0.6 is 0 Å². The maximum Gasteiger partial charge on any atom is 0.412 e. The van der Waals surface area contributed by atoms with Crippen LogP contribution in [-0.4, -0.2) is 30.1 Å². The van der Waals surface area contributed by atoms with E-state index in [9.17, 15) is 19.3 Å². The quantitative estimate of drug-likeness (QED) is 0.558. The van der Waals surface area contributed by atoms with Crippen LogP contribution in [0.25, 0.3) is 0 Å². The third-order valence-electron chi connectivity index (χ3n) is 2.86. The van der Waals surface area contributed by atoms with Crippen molar-refractivity contribution >= 4 is 23.7 Å². The van der Waals surface area contributed by atoms with Crippen molar-refractivity contribution < 1.29 is 19.1 Å². The van der Waals surface area contributed by atoms with E-state index in [0.717, 1.165) is 0 Å². The summed E-state index contributed by atoms with van der Waals surface area (Å²) in [6.45, 7) is 1.34. The topological polar surface area (TPSA) is 126 Å². The van der Waals surface area contributed by atoms with Gasteiger partial charge in [-0.15, -0.1) is 4.91 Å². The molecule has 0 aliphatic carbocycles. The third kappa shape index (κ3) is 3.32. The normalized spacial score (nSPS) is 20.4. The predicted molar refractivity (Wildman–Crippen MR) is 71.0 cm³/mol.